The molecule has 0 saturated heterocycles. The average molecular weight is 420 g/mol. The highest BCUT2D eigenvalue weighted by Crippen LogP contribution is 2.26. The summed E-state index contributed by atoms with van der Waals surface area (Å²) in [6, 6.07) is 11.3. The van der Waals surface area contributed by atoms with E-state index in [1.807, 2.05) is 6.92 Å². The van der Waals surface area contributed by atoms with Gasteiger partial charge in [0.1, 0.15) is 22.2 Å². The molecule has 0 fully saturated rings. The van der Waals surface area contributed by atoms with Gasteiger partial charge in [-0.05, 0) is 50.2 Å². The van der Waals surface area contributed by atoms with Gasteiger partial charge in [-0.15, -0.1) is 5.10 Å². The van der Waals surface area contributed by atoms with E-state index >= 15 is 0 Å². The first-order valence-electron chi connectivity index (χ1n) is 8.87. The fourth-order valence-electron chi connectivity index (χ4n) is 2.79. The minimum Gasteiger partial charge on any atom is -0.495 e. The number of nitrogens with one attached hydrogen (secondary N) is 1. The van der Waals surface area contributed by atoms with Gasteiger partial charge >= 0.3 is 6.01 Å². The Morgan fingerprint density at radius 2 is 1.83 bits per heavy atom. The van der Waals surface area contributed by atoms with Crippen molar-refractivity contribution < 1.29 is 22.3 Å². The maximum absolute atomic E-state index is 13.1. The Balaban J connectivity index is 1.85. The Labute approximate surface area is 168 Å². The highest BCUT2D eigenvalue weighted by molar-refractivity contribution is 7.89. The topological polar surface area (TPSA) is 95.3 Å². The smallest absolute Gasteiger partial charge is 0.322 e. The number of para-hydroxylation sites is 1. The maximum Gasteiger partial charge on any atom is 0.322 e. The van der Waals surface area contributed by atoms with Gasteiger partial charge in [0, 0.05) is 6.54 Å². The van der Waals surface area contributed by atoms with E-state index in [0.717, 1.165) is 0 Å². The van der Waals surface area contributed by atoms with Crippen molar-refractivity contribution in [1.29, 1.82) is 0 Å². The van der Waals surface area contributed by atoms with Crippen LogP contribution in [-0.2, 0) is 16.6 Å². The van der Waals surface area contributed by atoms with Gasteiger partial charge in [-0.2, -0.15) is 0 Å². The minimum absolute atomic E-state index is 0.0275. The van der Waals surface area contributed by atoms with Crippen LogP contribution in [-0.4, -0.2) is 30.3 Å². The maximum atomic E-state index is 13.1. The SMILES string of the molecule is CCn1c(Oc2ccc(F)cc2)nnc1[C@@H](C)NS(=O)(=O)c1ccccc1OC. The summed E-state index contributed by atoms with van der Waals surface area (Å²) in [6.45, 7) is 3.95. The molecule has 0 aliphatic heterocycles. The van der Waals surface area contributed by atoms with Gasteiger partial charge in [-0.25, -0.2) is 17.5 Å². The number of nitrogens with zero attached hydrogens (tertiary/aromatic N) is 3. The average Bonchev–Trinajstić information content (AvgIpc) is 3.12. The molecular weight excluding hydrogens is 399 g/mol. The highest BCUT2D eigenvalue weighted by atomic mass is 32.2. The lowest BCUT2D eigenvalue weighted by Crippen LogP contribution is -2.29. The summed E-state index contributed by atoms with van der Waals surface area (Å²) in [4.78, 5) is 0.0275. The van der Waals surface area contributed by atoms with E-state index in [9.17, 15) is 12.8 Å². The molecule has 3 aromatic rings. The second kappa shape index (κ2) is 8.58. The van der Waals surface area contributed by atoms with E-state index in [4.69, 9.17) is 9.47 Å². The molecule has 1 N–H and O–H groups in total. The summed E-state index contributed by atoms with van der Waals surface area (Å²) in [5.74, 6) is 0.629. The predicted molar refractivity (Wildman–Crippen MR) is 104 cm³/mol. The molecule has 0 spiro atoms. The first-order chi connectivity index (χ1) is 13.9. The molecule has 1 heterocycles. The number of hydrogen-bond donors (Lipinski definition) is 1. The summed E-state index contributed by atoms with van der Waals surface area (Å²) >= 11 is 0. The van der Waals surface area contributed by atoms with Gasteiger partial charge in [0.05, 0.1) is 13.2 Å². The first kappa shape index (κ1) is 20.7. The number of ether oxygens (including phenoxy) is 2. The second-order valence-electron chi connectivity index (χ2n) is 6.13. The Bertz CT molecular complexity index is 1080. The van der Waals surface area contributed by atoms with Gasteiger partial charge in [-0.1, -0.05) is 17.2 Å². The van der Waals surface area contributed by atoms with Crippen LogP contribution in [0.4, 0.5) is 4.39 Å². The quantitative estimate of drug-likeness (QED) is 0.601. The molecule has 10 heteroatoms. The summed E-state index contributed by atoms with van der Waals surface area (Å²) in [7, 11) is -2.46. The molecule has 0 aliphatic rings. The Kier molecular flexibility index (Phi) is 6.14. The van der Waals surface area contributed by atoms with Crippen LogP contribution in [0.3, 0.4) is 0 Å². The summed E-state index contributed by atoms with van der Waals surface area (Å²) < 4.78 is 53.7. The van der Waals surface area contributed by atoms with Crippen molar-refractivity contribution in [2.24, 2.45) is 0 Å². The number of benzene rings is 2. The zero-order valence-electron chi connectivity index (χ0n) is 16.2. The van der Waals surface area contributed by atoms with Gasteiger partial charge < -0.3 is 9.47 Å². The van der Waals surface area contributed by atoms with Crippen molar-refractivity contribution >= 4 is 10.0 Å². The van der Waals surface area contributed by atoms with Crippen LogP contribution in [0.2, 0.25) is 0 Å². The molecule has 0 radical (unpaired) electrons. The van der Waals surface area contributed by atoms with Crippen LogP contribution in [0.25, 0.3) is 0 Å². The minimum atomic E-state index is -3.87. The third-order valence-corrected chi connectivity index (χ3v) is 5.74. The number of aromatic nitrogens is 3. The molecule has 3 rings (SSSR count). The molecule has 154 valence electrons. The highest BCUT2D eigenvalue weighted by Gasteiger charge is 2.26. The molecule has 0 amide bonds. The Morgan fingerprint density at radius 1 is 1.14 bits per heavy atom. The van der Waals surface area contributed by atoms with Gasteiger partial charge in [0.15, 0.2) is 5.82 Å². The Hall–Kier alpha value is -2.98. The normalized spacial score (nSPS) is 12.6. The third-order valence-electron chi connectivity index (χ3n) is 4.16. The second-order valence-corrected chi connectivity index (χ2v) is 7.82. The summed E-state index contributed by atoms with van der Waals surface area (Å²) in [6.07, 6.45) is 0. The van der Waals surface area contributed by atoms with Crippen molar-refractivity contribution in [1.82, 2.24) is 19.5 Å². The van der Waals surface area contributed by atoms with Crippen LogP contribution in [0.15, 0.2) is 53.4 Å². The standard InChI is InChI=1S/C19H21FN4O4S/c1-4-24-18(21-22-19(24)28-15-11-9-14(20)10-12-15)13(2)23-29(25,26)17-8-6-5-7-16(17)27-3/h5-13,23H,4H2,1-3H3/t13-/m1/s1. The van der Waals surface area contributed by atoms with E-state index < -0.39 is 16.1 Å². The van der Waals surface area contributed by atoms with Gasteiger partial charge in [0.2, 0.25) is 10.0 Å². The van der Waals surface area contributed by atoms with E-state index in [-0.39, 0.29) is 22.5 Å². The predicted octanol–water partition coefficient (Wildman–Crippen LogP) is 3.28. The molecule has 0 saturated carbocycles. The lowest BCUT2D eigenvalue weighted by molar-refractivity contribution is 0.401. The van der Waals surface area contributed by atoms with Crippen molar-refractivity contribution in [3.8, 4) is 17.5 Å². The molecule has 0 aliphatic carbocycles. The van der Waals surface area contributed by atoms with E-state index in [2.05, 4.69) is 14.9 Å². The molecule has 1 atom stereocenters. The van der Waals surface area contributed by atoms with E-state index in [0.29, 0.717) is 18.1 Å². The summed E-state index contributed by atoms with van der Waals surface area (Å²) in [5.41, 5.74) is 0. The van der Waals surface area contributed by atoms with E-state index in [1.54, 1.807) is 29.7 Å². The lowest BCUT2D eigenvalue weighted by atomic mass is 10.3. The molecule has 29 heavy (non-hydrogen) atoms. The van der Waals surface area contributed by atoms with Crippen molar-refractivity contribution in [2.75, 3.05) is 7.11 Å². The van der Waals surface area contributed by atoms with Crippen molar-refractivity contribution in [3.63, 3.8) is 0 Å². The van der Waals surface area contributed by atoms with Crippen molar-refractivity contribution in [2.45, 2.75) is 31.3 Å². The zero-order chi connectivity index (χ0) is 21.0. The third kappa shape index (κ3) is 4.54. The first-order valence-corrected chi connectivity index (χ1v) is 10.4. The molecule has 2 aromatic carbocycles. The van der Waals surface area contributed by atoms with Crippen LogP contribution in [0.1, 0.15) is 25.7 Å². The fourth-order valence-corrected chi connectivity index (χ4v) is 4.16. The Morgan fingerprint density at radius 3 is 2.48 bits per heavy atom. The van der Waals surface area contributed by atoms with Crippen LogP contribution in [0.5, 0.6) is 17.5 Å². The molecule has 1 aromatic heterocycles. The monoisotopic (exact) mass is 420 g/mol. The number of hydrogen-bond acceptors (Lipinski definition) is 6. The van der Waals surface area contributed by atoms with Crippen molar-refractivity contribution in [3.05, 3.63) is 60.2 Å². The van der Waals surface area contributed by atoms with E-state index in [1.165, 1.54) is 37.4 Å². The number of rotatable bonds is 8. The molecule has 0 bridgehead atoms. The molecule has 0 unspecified atom stereocenters. The zero-order valence-corrected chi connectivity index (χ0v) is 17.0. The summed E-state index contributed by atoms with van der Waals surface area (Å²) in [5, 5.41) is 8.08. The van der Waals surface area contributed by atoms with Crippen LogP contribution < -0.4 is 14.2 Å². The van der Waals surface area contributed by atoms with Crippen LogP contribution >= 0.6 is 0 Å². The number of sulfonamides is 1. The van der Waals surface area contributed by atoms with Gasteiger partial charge in [0.25, 0.3) is 0 Å². The number of halogens is 1. The van der Waals surface area contributed by atoms with Gasteiger partial charge in [-0.3, -0.25) is 4.57 Å². The number of methoxy groups -OCH3 is 1. The fraction of sp³-hybridized carbons (Fsp3) is 0.263. The van der Waals surface area contributed by atoms with Crippen LogP contribution in [0, 0.1) is 5.82 Å². The largest absolute Gasteiger partial charge is 0.495 e. The molecular formula is C19H21FN4O4S. The molecule has 8 nitrogen and oxygen atoms in total. The lowest BCUT2D eigenvalue weighted by Gasteiger charge is -2.16.